The van der Waals surface area contributed by atoms with E-state index in [2.05, 4.69) is 24.3 Å². The van der Waals surface area contributed by atoms with Gasteiger partial charge in [0.15, 0.2) is 0 Å². The highest BCUT2D eigenvalue weighted by molar-refractivity contribution is 5.79. The van der Waals surface area contributed by atoms with E-state index < -0.39 is 0 Å². The van der Waals surface area contributed by atoms with E-state index >= 15 is 0 Å². The number of hydrogen-bond acceptors (Lipinski definition) is 3. The molecule has 3 rings (SSSR count). The zero-order chi connectivity index (χ0) is 16.6. The predicted molar refractivity (Wildman–Crippen MR) is 93.5 cm³/mol. The Morgan fingerprint density at radius 1 is 1.00 bits per heavy atom. The molecule has 3 nitrogen and oxygen atoms in total. The van der Waals surface area contributed by atoms with Gasteiger partial charge in [0, 0.05) is 13.2 Å². The molecule has 2 aromatic carbocycles. The molecule has 1 fully saturated rings. The standard InChI is InChI=1S/C21H23O3/c22-21(24-16-18-4-2-1-3-5-18)11-8-17-6-9-19(10-7-17)20-12-14-23-15-13-20/h1-7,9-11,20H,8,12-16H2. The number of carbonyl (C=O) groups excluding carboxylic acids is 1. The first kappa shape index (κ1) is 16.7. The molecule has 0 aliphatic carbocycles. The average molecular weight is 323 g/mol. The van der Waals surface area contributed by atoms with Crippen molar-refractivity contribution in [3.63, 3.8) is 0 Å². The smallest absolute Gasteiger partial charge is 0.310 e. The molecule has 125 valence electrons. The van der Waals surface area contributed by atoms with E-state index in [4.69, 9.17) is 9.47 Å². The predicted octanol–water partition coefficient (Wildman–Crippen LogP) is 4.07. The largest absolute Gasteiger partial charge is 0.461 e. The minimum absolute atomic E-state index is 0.271. The second kappa shape index (κ2) is 8.65. The molecule has 0 unspecified atom stereocenters. The van der Waals surface area contributed by atoms with Crippen LogP contribution in [0.2, 0.25) is 0 Å². The summed E-state index contributed by atoms with van der Waals surface area (Å²) in [5.74, 6) is 0.333. The monoisotopic (exact) mass is 323 g/mol. The third kappa shape index (κ3) is 4.93. The highest BCUT2D eigenvalue weighted by Gasteiger charge is 2.15. The van der Waals surface area contributed by atoms with Crippen molar-refractivity contribution in [2.24, 2.45) is 0 Å². The molecule has 1 radical (unpaired) electrons. The lowest BCUT2D eigenvalue weighted by atomic mass is 9.91. The van der Waals surface area contributed by atoms with Crippen LogP contribution in [0.4, 0.5) is 0 Å². The minimum Gasteiger partial charge on any atom is -0.461 e. The summed E-state index contributed by atoms with van der Waals surface area (Å²) in [4.78, 5) is 11.8. The van der Waals surface area contributed by atoms with E-state index in [1.54, 1.807) is 6.42 Å². The molecule has 1 aliphatic rings. The summed E-state index contributed by atoms with van der Waals surface area (Å²) in [6.07, 6.45) is 4.39. The number of hydrogen-bond donors (Lipinski definition) is 0. The zero-order valence-electron chi connectivity index (χ0n) is 13.8. The van der Waals surface area contributed by atoms with Gasteiger partial charge >= 0.3 is 5.97 Å². The second-order valence-electron chi connectivity index (χ2n) is 6.13. The van der Waals surface area contributed by atoms with Gasteiger partial charge in [0.1, 0.15) is 6.61 Å². The van der Waals surface area contributed by atoms with E-state index in [0.717, 1.165) is 37.2 Å². The first-order chi connectivity index (χ1) is 11.8. The van der Waals surface area contributed by atoms with Crippen molar-refractivity contribution < 1.29 is 14.3 Å². The number of carbonyl (C=O) groups is 1. The lowest BCUT2D eigenvalue weighted by Crippen LogP contribution is -2.14. The third-order valence-corrected chi connectivity index (χ3v) is 4.40. The van der Waals surface area contributed by atoms with Gasteiger partial charge in [-0.1, -0.05) is 54.6 Å². The fourth-order valence-corrected chi connectivity index (χ4v) is 2.95. The van der Waals surface area contributed by atoms with Gasteiger partial charge in [-0.05, 0) is 41.9 Å². The molecule has 24 heavy (non-hydrogen) atoms. The van der Waals surface area contributed by atoms with Crippen LogP contribution in [0.15, 0.2) is 54.6 Å². The number of rotatable bonds is 6. The topological polar surface area (TPSA) is 35.5 Å². The molecule has 3 heteroatoms. The second-order valence-corrected chi connectivity index (χ2v) is 6.13. The molecule has 0 amide bonds. The van der Waals surface area contributed by atoms with Gasteiger partial charge in [0.25, 0.3) is 0 Å². The van der Waals surface area contributed by atoms with Crippen LogP contribution >= 0.6 is 0 Å². The number of esters is 1. The van der Waals surface area contributed by atoms with Gasteiger partial charge < -0.3 is 9.47 Å². The molecule has 0 N–H and O–H groups in total. The normalized spacial score (nSPS) is 15.2. The van der Waals surface area contributed by atoms with Crippen molar-refractivity contribution >= 4 is 5.97 Å². The van der Waals surface area contributed by atoms with Crippen LogP contribution in [-0.2, 0) is 27.3 Å². The Kier molecular flexibility index (Phi) is 6.02. The average Bonchev–Trinajstić information content (AvgIpc) is 2.67. The maximum Gasteiger partial charge on any atom is 0.310 e. The Bertz CT molecular complexity index is 628. The summed E-state index contributed by atoms with van der Waals surface area (Å²) in [6.45, 7) is 2.03. The van der Waals surface area contributed by atoms with E-state index in [9.17, 15) is 4.79 Å². The summed E-state index contributed by atoms with van der Waals surface area (Å²) in [7, 11) is 0. The Balaban J connectivity index is 1.43. The fourth-order valence-electron chi connectivity index (χ4n) is 2.95. The Morgan fingerprint density at radius 2 is 1.71 bits per heavy atom. The molecule has 0 atom stereocenters. The summed E-state index contributed by atoms with van der Waals surface area (Å²) in [5, 5.41) is 0. The van der Waals surface area contributed by atoms with E-state index in [1.165, 1.54) is 5.56 Å². The summed E-state index contributed by atoms with van der Waals surface area (Å²) >= 11 is 0. The summed E-state index contributed by atoms with van der Waals surface area (Å²) in [6, 6.07) is 18.3. The molecule has 0 bridgehead atoms. The van der Waals surface area contributed by atoms with Gasteiger partial charge in [0.2, 0.25) is 0 Å². The Labute approximate surface area is 143 Å². The Morgan fingerprint density at radius 3 is 2.42 bits per heavy atom. The first-order valence-electron chi connectivity index (χ1n) is 8.52. The summed E-state index contributed by atoms with van der Waals surface area (Å²) < 4.78 is 10.7. The maximum atomic E-state index is 11.8. The van der Waals surface area contributed by atoms with Crippen LogP contribution in [0.1, 0.15) is 35.4 Å². The lowest BCUT2D eigenvalue weighted by Gasteiger charge is -2.22. The van der Waals surface area contributed by atoms with E-state index in [1.807, 2.05) is 30.3 Å². The van der Waals surface area contributed by atoms with Crippen LogP contribution < -0.4 is 0 Å². The molecule has 0 aromatic heterocycles. The molecule has 0 spiro atoms. The Hall–Kier alpha value is -2.13. The lowest BCUT2D eigenvalue weighted by molar-refractivity contribution is -0.140. The van der Waals surface area contributed by atoms with E-state index in [0.29, 0.717) is 18.9 Å². The first-order valence-corrected chi connectivity index (χ1v) is 8.52. The van der Waals surface area contributed by atoms with Crippen molar-refractivity contribution in [2.75, 3.05) is 13.2 Å². The van der Waals surface area contributed by atoms with Crippen LogP contribution in [-0.4, -0.2) is 19.2 Å². The molecular weight excluding hydrogens is 300 g/mol. The molecule has 1 aliphatic heterocycles. The van der Waals surface area contributed by atoms with Crippen LogP contribution in [0.25, 0.3) is 0 Å². The molecule has 1 heterocycles. The molecule has 0 saturated carbocycles. The van der Waals surface area contributed by atoms with Crippen molar-refractivity contribution in [2.45, 2.75) is 31.8 Å². The van der Waals surface area contributed by atoms with Gasteiger partial charge in [-0.3, -0.25) is 4.79 Å². The van der Waals surface area contributed by atoms with E-state index in [-0.39, 0.29) is 5.97 Å². The molecule has 2 aromatic rings. The highest BCUT2D eigenvalue weighted by atomic mass is 16.5. The van der Waals surface area contributed by atoms with Gasteiger partial charge in [-0.15, -0.1) is 0 Å². The third-order valence-electron chi connectivity index (χ3n) is 4.40. The van der Waals surface area contributed by atoms with Gasteiger partial charge in [-0.2, -0.15) is 0 Å². The SMILES string of the molecule is O=C([CH]Cc1ccc(C2CCOCC2)cc1)OCc1ccccc1. The highest BCUT2D eigenvalue weighted by Crippen LogP contribution is 2.27. The van der Waals surface area contributed by atoms with Gasteiger partial charge in [0.05, 0.1) is 6.42 Å². The summed E-state index contributed by atoms with van der Waals surface area (Å²) in [5.41, 5.74) is 3.50. The maximum absolute atomic E-state index is 11.8. The van der Waals surface area contributed by atoms with Crippen LogP contribution in [0, 0.1) is 6.42 Å². The zero-order valence-corrected chi connectivity index (χ0v) is 13.8. The fraction of sp³-hybridized carbons (Fsp3) is 0.333. The minimum atomic E-state index is -0.271. The van der Waals surface area contributed by atoms with Crippen LogP contribution in [0.3, 0.4) is 0 Å². The number of ether oxygens (including phenoxy) is 2. The van der Waals surface area contributed by atoms with Crippen LogP contribution in [0.5, 0.6) is 0 Å². The molecule has 1 saturated heterocycles. The van der Waals surface area contributed by atoms with Crippen molar-refractivity contribution in [1.29, 1.82) is 0 Å². The van der Waals surface area contributed by atoms with Crippen molar-refractivity contribution in [3.05, 3.63) is 77.7 Å². The molecular formula is C21H23O3. The van der Waals surface area contributed by atoms with Crippen molar-refractivity contribution in [1.82, 2.24) is 0 Å². The van der Waals surface area contributed by atoms with Crippen molar-refractivity contribution in [3.8, 4) is 0 Å². The van der Waals surface area contributed by atoms with Gasteiger partial charge in [-0.25, -0.2) is 0 Å². The quantitative estimate of drug-likeness (QED) is 0.752. The number of benzene rings is 2.